The standard InChI is InChI=1S/C33H50N2O3/c1-21(34(5)6)25-15-16-26-24-13-14-28-30(38-22(2)36)29(35(7)31(37)23-11-9-8-10-12-23)18-20-33(28,4)27(24)17-19-32(25,26)3/h8-12,21,24-30H,13-20H2,1-7H3/t21-,24-,25-,26-,27+,28+,29+,30+,32+,33+/m0/s1. The van der Waals surface area contributed by atoms with E-state index in [4.69, 9.17) is 4.74 Å². The summed E-state index contributed by atoms with van der Waals surface area (Å²) in [4.78, 5) is 30.1. The summed E-state index contributed by atoms with van der Waals surface area (Å²) in [5, 5.41) is 0. The lowest BCUT2D eigenvalue weighted by molar-refractivity contribution is -0.185. The van der Waals surface area contributed by atoms with Crippen LogP contribution in [0.25, 0.3) is 0 Å². The largest absolute Gasteiger partial charge is 0.460 e. The van der Waals surface area contributed by atoms with Gasteiger partial charge in [0.2, 0.25) is 0 Å². The van der Waals surface area contributed by atoms with Crippen LogP contribution >= 0.6 is 0 Å². The molecule has 0 heterocycles. The molecule has 10 atom stereocenters. The van der Waals surface area contributed by atoms with Crippen LogP contribution in [0.3, 0.4) is 0 Å². The van der Waals surface area contributed by atoms with Gasteiger partial charge >= 0.3 is 5.97 Å². The van der Waals surface area contributed by atoms with Crippen molar-refractivity contribution in [1.29, 1.82) is 0 Å². The summed E-state index contributed by atoms with van der Waals surface area (Å²) in [6.45, 7) is 9.09. The second kappa shape index (κ2) is 10.3. The number of ether oxygens (including phenoxy) is 1. The van der Waals surface area contributed by atoms with Gasteiger partial charge in [-0.25, -0.2) is 0 Å². The van der Waals surface area contributed by atoms with Gasteiger partial charge in [-0.05, 0) is 119 Å². The minimum Gasteiger partial charge on any atom is -0.460 e. The van der Waals surface area contributed by atoms with E-state index >= 15 is 0 Å². The van der Waals surface area contributed by atoms with Crippen molar-refractivity contribution < 1.29 is 14.3 Å². The number of esters is 1. The lowest BCUT2D eigenvalue weighted by Gasteiger charge is -2.63. The van der Waals surface area contributed by atoms with Crippen LogP contribution in [-0.2, 0) is 9.53 Å². The molecule has 4 aliphatic rings. The molecule has 0 aliphatic heterocycles. The summed E-state index contributed by atoms with van der Waals surface area (Å²) in [7, 11) is 6.39. The molecule has 38 heavy (non-hydrogen) atoms. The lowest BCUT2D eigenvalue weighted by atomic mass is 9.44. The first-order valence-corrected chi connectivity index (χ1v) is 15.1. The zero-order chi connectivity index (χ0) is 27.4. The van der Waals surface area contributed by atoms with E-state index in [1.807, 2.05) is 42.3 Å². The summed E-state index contributed by atoms with van der Waals surface area (Å²) >= 11 is 0. The van der Waals surface area contributed by atoms with Crippen LogP contribution in [-0.4, -0.2) is 61.0 Å². The molecule has 4 saturated carbocycles. The number of carbonyl (C=O) groups excluding carboxylic acids is 2. The molecule has 1 aromatic rings. The van der Waals surface area contributed by atoms with Crippen molar-refractivity contribution in [2.24, 2.45) is 40.4 Å². The SMILES string of the molecule is CC(=O)O[C@H]1[C@H](N(C)C(=O)c2ccccc2)CC[C@]2(C)[C@@H]3CC[C@@]4(C)[C@@H](CC[C@H]4[C@H](C)N(C)C)[C@@H]3CC[C@H]12. The Hall–Kier alpha value is -1.88. The van der Waals surface area contributed by atoms with Gasteiger partial charge in [0, 0.05) is 31.5 Å². The maximum Gasteiger partial charge on any atom is 0.302 e. The van der Waals surface area contributed by atoms with Crippen molar-refractivity contribution in [3.05, 3.63) is 35.9 Å². The number of carbonyl (C=O) groups is 2. The Morgan fingerprint density at radius 2 is 1.50 bits per heavy atom. The molecular formula is C33H50N2O3. The first-order valence-electron chi connectivity index (χ1n) is 15.1. The molecule has 0 unspecified atom stereocenters. The van der Waals surface area contributed by atoms with Crippen LogP contribution in [0, 0.1) is 40.4 Å². The molecule has 0 N–H and O–H groups in total. The molecule has 0 saturated heterocycles. The predicted molar refractivity (Wildman–Crippen MR) is 152 cm³/mol. The van der Waals surface area contributed by atoms with E-state index in [-0.39, 0.29) is 29.4 Å². The molecule has 0 spiro atoms. The van der Waals surface area contributed by atoms with Crippen molar-refractivity contribution in [2.75, 3.05) is 21.1 Å². The third-order valence-corrected chi connectivity index (χ3v) is 12.3. The van der Waals surface area contributed by atoms with Crippen molar-refractivity contribution in [3.8, 4) is 0 Å². The van der Waals surface area contributed by atoms with Crippen molar-refractivity contribution in [3.63, 3.8) is 0 Å². The van der Waals surface area contributed by atoms with Crippen molar-refractivity contribution in [1.82, 2.24) is 9.80 Å². The molecule has 5 heteroatoms. The lowest BCUT2D eigenvalue weighted by Crippen LogP contribution is -2.62. The van der Waals surface area contributed by atoms with Gasteiger partial charge in [-0.15, -0.1) is 0 Å². The Morgan fingerprint density at radius 1 is 0.868 bits per heavy atom. The molecule has 0 aromatic heterocycles. The van der Waals surface area contributed by atoms with Crippen molar-refractivity contribution >= 4 is 11.9 Å². The normalized spacial score (nSPS) is 41.0. The molecular weight excluding hydrogens is 472 g/mol. The molecule has 1 amide bonds. The van der Waals surface area contributed by atoms with E-state index in [9.17, 15) is 9.59 Å². The number of fused-ring (bicyclic) bond motifs is 5. The number of hydrogen-bond acceptors (Lipinski definition) is 4. The van der Waals surface area contributed by atoms with E-state index < -0.39 is 0 Å². The molecule has 210 valence electrons. The van der Waals surface area contributed by atoms with E-state index in [0.717, 1.165) is 37.0 Å². The fourth-order valence-electron chi connectivity index (χ4n) is 10.2. The number of rotatable bonds is 5. The van der Waals surface area contributed by atoms with Gasteiger partial charge in [0.15, 0.2) is 0 Å². The highest BCUT2D eigenvalue weighted by Crippen LogP contribution is 2.68. The average molecular weight is 523 g/mol. The number of benzene rings is 1. The zero-order valence-electron chi connectivity index (χ0n) is 24.8. The minimum atomic E-state index is -0.233. The second-order valence-electron chi connectivity index (χ2n) is 14.0. The summed E-state index contributed by atoms with van der Waals surface area (Å²) in [6, 6.07) is 10.1. The van der Waals surface area contributed by atoms with Crippen LogP contribution in [0.4, 0.5) is 0 Å². The van der Waals surface area contributed by atoms with Gasteiger partial charge in [-0.2, -0.15) is 0 Å². The highest BCUT2D eigenvalue weighted by atomic mass is 16.5. The first kappa shape index (κ1) is 27.7. The van der Waals surface area contributed by atoms with Gasteiger partial charge in [0.05, 0.1) is 6.04 Å². The van der Waals surface area contributed by atoms with E-state index in [1.165, 1.54) is 39.0 Å². The number of nitrogens with zero attached hydrogens (tertiary/aromatic N) is 2. The quantitative estimate of drug-likeness (QED) is 0.427. The van der Waals surface area contributed by atoms with Crippen LogP contribution < -0.4 is 0 Å². The Balaban J connectivity index is 1.40. The molecule has 4 fully saturated rings. The zero-order valence-corrected chi connectivity index (χ0v) is 24.8. The Kier molecular flexibility index (Phi) is 7.47. The molecule has 4 aliphatic carbocycles. The number of hydrogen-bond donors (Lipinski definition) is 0. The van der Waals surface area contributed by atoms with Crippen LogP contribution in [0.5, 0.6) is 0 Å². The summed E-state index contributed by atoms with van der Waals surface area (Å²) in [6.07, 6.45) is 9.42. The van der Waals surface area contributed by atoms with Crippen LogP contribution in [0.1, 0.15) is 89.4 Å². The predicted octanol–water partition coefficient (Wildman–Crippen LogP) is 6.28. The average Bonchev–Trinajstić information content (AvgIpc) is 3.24. The van der Waals surface area contributed by atoms with Gasteiger partial charge in [-0.1, -0.05) is 32.0 Å². The van der Waals surface area contributed by atoms with Gasteiger partial charge in [0.25, 0.3) is 5.91 Å². The molecule has 5 nitrogen and oxygen atoms in total. The summed E-state index contributed by atoms with van der Waals surface area (Å²) in [5.41, 5.74) is 1.29. The van der Waals surface area contributed by atoms with E-state index in [0.29, 0.717) is 28.9 Å². The fourth-order valence-corrected chi connectivity index (χ4v) is 10.2. The Labute approximate surface area is 230 Å². The third kappa shape index (κ3) is 4.41. The minimum absolute atomic E-state index is 0.0190. The smallest absolute Gasteiger partial charge is 0.302 e. The topological polar surface area (TPSA) is 49.9 Å². The third-order valence-electron chi connectivity index (χ3n) is 12.3. The fraction of sp³-hybridized carbons (Fsp3) is 0.758. The highest BCUT2D eigenvalue weighted by Gasteiger charge is 2.63. The molecule has 5 rings (SSSR count). The van der Waals surface area contributed by atoms with Crippen LogP contribution in [0.15, 0.2) is 30.3 Å². The maximum absolute atomic E-state index is 13.4. The van der Waals surface area contributed by atoms with E-state index in [2.05, 4.69) is 39.8 Å². The summed E-state index contributed by atoms with van der Waals surface area (Å²) in [5.74, 6) is 3.13. The molecule has 0 radical (unpaired) electrons. The second-order valence-corrected chi connectivity index (χ2v) is 14.0. The van der Waals surface area contributed by atoms with E-state index in [1.54, 1.807) is 0 Å². The number of likely N-dealkylation sites (N-methyl/N-ethyl adjacent to an activating group) is 1. The van der Waals surface area contributed by atoms with Gasteiger partial charge < -0.3 is 14.5 Å². The Bertz CT molecular complexity index is 1030. The van der Waals surface area contributed by atoms with Crippen LogP contribution in [0.2, 0.25) is 0 Å². The molecule has 0 bridgehead atoms. The molecule has 1 aromatic carbocycles. The highest BCUT2D eigenvalue weighted by molar-refractivity contribution is 5.94. The van der Waals surface area contributed by atoms with Crippen molar-refractivity contribution in [2.45, 2.75) is 97.2 Å². The van der Waals surface area contributed by atoms with Gasteiger partial charge in [-0.3, -0.25) is 9.59 Å². The number of amides is 1. The summed E-state index contributed by atoms with van der Waals surface area (Å²) < 4.78 is 6.17. The van der Waals surface area contributed by atoms with Gasteiger partial charge in [0.1, 0.15) is 6.10 Å². The Morgan fingerprint density at radius 3 is 2.16 bits per heavy atom. The monoisotopic (exact) mass is 522 g/mol. The first-order chi connectivity index (χ1) is 18.0. The maximum atomic E-state index is 13.4.